The summed E-state index contributed by atoms with van der Waals surface area (Å²) in [6, 6.07) is 5.43. The van der Waals surface area contributed by atoms with Crippen LogP contribution in [0.25, 0.3) is 16.6 Å². The van der Waals surface area contributed by atoms with E-state index in [0.717, 1.165) is 30.5 Å². The van der Waals surface area contributed by atoms with Gasteiger partial charge in [-0.1, -0.05) is 23.2 Å². The van der Waals surface area contributed by atoms with Gasteiger partial charge in [-0.15, -0.1) is 0 Å². The first kappa shape index (κ1) is 17.3. The number of aromatic nitrogens is 5. The Morgan fingerprint density at radius 1 is 1.25 bits per heavy atom. The summed E-state index contributed by atoms with van der Waals surface area (Å²) in [6.45, 7) is 0.751. The minimum Gasteiger partial charge on any atom is -0.360 e. The Morgan fingerprint density at radius 2 is 2.14 bits per heavy atom. The maximum absolute atomic E-state index is 11.4. The van der Waals surface area contributed by atoms with Gasteiger partial charge in [0.1, 0.15) is 11.9 Å². The fourth-order valence-corrected chi connectivity index (χ4v) is 4.01. The van der Waals surface area contributed by atoms with E-state index in [0.29, 0.717) is 27.3 Å². The molecule has 1 N–H and O–H groups in total. The van der Waals surface area contributed by atoms with Crippen LogP contribution in [0.1, 0.15) is 24.8 Å². The molecule has 10 heteroatoms. The third-order valence-corrected chi connectivity index (χ3v) is 5.70. The van der Waals surface area contributed by atoms with Gasteiger partial charge in [-0.2, -0.15) is 10.1 Å². The number of nitrogens with zero attached hydrogens (tertiary/aromatic N) is 5. The Balaban J connectivity index is 1.71. The van der Waals surface area contributed by atoms with Gasteiger partial charge >= 0.3 is 5.69 Å². The van der Waals surface area contributed by atoms with E-state index in [1.807, 2.05) is 22.9 Å². The predicted octanol–water partition coefficient (Wildman–Crippen LogP) is 3.75. The molecule has 0 bridgehead atoms. The highest BCUT2D eigenvalue weighted by Gasteiger charge is 2.32. The van der Waals surface area contributed by atoms with E-state index in [4.69, 9.17) is 32.7 Å². The number of aromatic amines is 1. The SMILES string of the molecule is O=c1nc([C@@H]2CCCN2c2cc(-n3ccnc3)c3ccc(Cl)c(Cl)c3n2)o[nH]1. The van der Waals surface area contributed by atoms with Crippen LogP contribution in [0.4, 0.5) is 5.82 Å². The molecular weight excluding hydrogens is 403 g/mol. The van der Waals surface area contributed by atoms with Crippen molar-refractivity contribution in [3.8, 4) is 5.69 Å². The second-order valence-corrected chi connectivity index (χ2v) is 7.32. The summed E-state index contributed by atoms with van der Waals surface area (Å²) in [5.41, 5.74) is 0.983. The molecule has 1 atom stereocenters. The highest BCUT2D eigenvalue weighted by atomic mass is 35.5. The lowest BCUT2D eigenvalue weighted by Crippen LogP contribution is -2.24. The van der Waals surface area contributed by atoms with Crippen LogP contribution >= 0.6 is 23.2 Å². The molecule has 0 unspecified atom stereocenters. The first-order valence-electron chi connectivity index (χ1n) is 8.71. The number of anilines is 1. The molecule has 3 aromatic heterocycles. The summed E-state index contributed by atoms with van der Waals surface area (Å²) >= 11 is 12.7. The molecule has 1 saturated heterocycles. The van der Waals surface area contributed by atoms with E-state index in [-0.39, 0.29) is 6.04 Å². The van der Waals surface area contributed by atoms with Gasteiger partial charge in [0.25, 0.3) is 0 Å². The Bertz CT molecular complexity index is 1220. The average molecular weight is 417 g/mol. The van der Waals surface area contributed by atoms with Crippen molar-refractivity contribution in [2.24, 2.45) is 0 Å². The van der Waals surface area contributed by atoms with Crippen molar-refractivity contribution in [1.29, 1.82) is 0 Å². The van der Waals surface area contributed by atoms with Crippen molar-refractivity contribution in [2.45, 2.75) is 18.9 Å². The standard InChI is InChI=1S/C18H14Cl2N6O2/c19-11-4-3-10-13(25-7-5-21-9-25)8-14(22-16(10)15(11)20)26-6-1-2-12(26)17-23-18(27)24-28-17/h3-5,7-9,12H,1-2,6H2,(H,24,27)/t12-/m0/s1. The summed E-state index contributed by atoms with van der Waals surface area (Å²) in [4.78, 5) is 26.3. The number of fused-ring (bicyclic) bond motifs is 1. The Labute approximate surface area is 168 Å². The lowest BCUT2D eigenvalue weighted by molar-refractivity contribution is 0.351. The first-order chi connectivity index (χ1) is 13.6. The predicted molar refractivity (Wildman–Crippen MR) is 105 cm³/mol. The molecular formula is C18H14Cl2N6O2. The second kappa shape index (κ2) is 6.65. The Hall–Kier alpha value is -2.84. The number of H-pyrrole nitrogens is 1. The van der Waals surface area contributed by atoms with E-state index in [2.05, 4.69) is 20.0 Å². The summed E-state index contributed by atoms with van der Waals surface area (Å²) in [7, 11) is 0. The molecule has 8 nitrogen and oxygen atoms in total. The largest absolute Gasteiger partial charge is 0.377 e. The minimum atomic E-state index is -0.498. The zero-order valence-electron chi connectivity index (χ0n) is 14.5. The van der Waals surface area contributed by atoms with Crippen molar-refractivity contribution in [3.05, 3.63) is 63.3 Å². The maximum Gasteiger partial charge on any atom is 0.377 e. The van der Waals surface area contributed by atoms with Crippen LogP contribution in [0, 0.1) is 0 Å². The van der Waals surface area contributed by atoms with Crippen molar-refractivity contribution >= 4 is 39.9 Å². The third kappa shape index (κ3) is 2.76. The van der Waals surface area contributed by atoms with Crippen LogP contribution in [0.5, 0.6) is 0 Å². The van der Waals surface area contributed by atoms with Gasteiger partial charge in [-0.3, -0.25) is 0 Å². The second-order valence-electron chi connectivity index (χ2n) is 6.54. The molecule has 0 spiro atoms. The Kier molecular flexibility index (Phi) is 4.10. The summed E-state index contributed by atoms with van der Waals surface area (Å²) in [5.74, 6) is 1.05. The zero-order chi connectivity index (χ0) is 19.3. The van der Waals surface area contributed by atoms with Crippen LogP contribution in [-0.2, 0) is 0 Å². The number of imidazole rings is 1. The fourth-order valence-electron chi connectivity index (χ4n) is 3.65. The van der Waals surface area contributed by atoms with Gasteiger partial charge in [-0.05, 0) is 25.0 Å². The smallest absolute Gasteiger partial charge is 0.360 e. The number of halogens is 2. The monoisotopic (exact) mass is 416 g/mol. The number of nitrogens with one attached hydrogen (secondary N) is 1. The molecule has 4 aromatic rings. The van der Waals surface area contributed by atoms with Crippen molar-refractivity contribution in [3.63, 3.8) is 0 Å². The fraction of sp³-hybridized carbons (Fsp3) is 0.222. The van der Waals surface area contributed by atoms with Crippen molar-refractivity contribution in [1.82, 2.24) is 24.7 Å². The minimum absolute atomic E-state index is 0.183. The highest BCUT2D eigenvalue weighted by Crippen LogP contribution is 2.39. The lowest BCUT2D eigenvalue weighted by atomic mass is 10.1. The molecule has 1 aliphatic rings. The summed E-state index contributed by atoms with van der Waals surface area (Å²) < 4.78 is 7.15. The van der Waals surface area contributed by atoms with Crippen LogP contribution in [-0.4, -0.2) is 31.2 Å². The number of pyridine rings is 1. The summed E-state index contributed by atoms with van der Waals surface area (Å²) in [6.07, 6.45) is 7.01. The Morgan fingerprint density at radius 3 is 2.89 bits per heavy atom. The summed E-state index contributed by atoms with van der Waals surface area (Å²) in [5, 5.41) is 3.95. The van der Waals surface area contributed by atoms with E-state index >= 15 is 0 Å². The molecule has 0 saturated carbocycles. The van der Waals surface area contributed by atoms with Crippen LogP contribution in [0.3, 0.4) is 0 Å². The number of hydrogen-bond acceptors (Lipinski definition) is 6. The molecule has 1 aromatic carbocycles. The molecule has 0 aliphatic carbocycles. The molecule has 0 radical (unpaired) electrons. The average Bonchev–Trinajstić information content (AvgIpc) is 3.44. The van der Waals surface area contributed by atoms with Crippen molar-refractivity contribution < 1.29 is 4.52 Å². The van der Waals surface area contributed by atoms with Gasteiger partial charge in [0.15, 0.2) is 0 Å². The van der Waals surface area contributed by atoms with Gasteiger partial charge in [0.05, 0.1) is 27.6 Å². The van der Waals surface area contributed by atoms with E-state index in [1.54, 1.807) is 18.6 Å². The molecule has 1 fully saturated rings. The highest BCUT2D eigenvalue weighted by molar-refractivity contribution is 6.45. The molecule has 0 amide bonds. The first-order valence-corrected chi connectivity index (χ1v) is 9.46. The zero-order valence-corrected chi connectivity index (χ0v) is 16.0. The molecule has 5 rings (SSSR count). The molecule has 28 heavy (non-hydrogen) atoms. The van der Waals surface area contributed by atoms with Gasteiger partial charge in [0.2, 0.25) is 5.89 Å². The lowest BCUT2D eigenvalue weighted by Gasteiger charge is -2.24. The van der Waals surface area contributed by atoms with Crippen LogP contribution in [0.15, 0.2) is 46.2 Å². The van der Waals surface area contributed by atoms with Gasteiger partial charge in [0, 0.05) is 30.4 Å². The van der Waals surface area contributed by atoms with Crippen LogP contribution < -0.4 is 10.6 Å². The van der Waals surface area contributed by atoms with Crippen LogP contribution in [0.2, 0.25) is 10.0 Å². The number of benzene rings is 1. The van der Waals surface area contributed by atoms with Crippen molar-refractivity contribution in [2.75, 3.05) is 11.4 Å². The third-order valence-electron chi connectivity index (χ3n) is 4.91. The number of hydrogen-bond donors (Lipinski definition) is 1. The van der Waals surface area contributed by atoms with E-state index < -0.39 is 5.69 Å². The van der Waals surface area contributed by atoms with E-state index in [1.165, 1.54) is 0 Å². The van der Waals surface area contributed by atoms with E-state index in [9.17, 15) is 4.79 Å². The maximum atomic E-state index is 11.4. The van der Waals surface area contributed by atoms with Gasteiger partial charge < -0.3 is 14.0 Å². The molecule has 1 aliphatic heterocycles. The normalized spacial score (nSPS) is 16.9. The molecule has 4 heterocycles. The topological polar surface area (TPSA) is 92.8 Å². The number of rotatable bonds is 3. The quantitative estimate of drug-likeness (QED) is 0.546. The molecule has 142 valence electrons. The van der Waals surface area contributed by atoms with Gasteiger partial charge in [-0.25, -0.2) is 14.8 Å².